The molecule has 1 fully saturated rings. The van der Waals surface area contributed by atoms with Gasteiger partial charge in [0.25, 0.3) is 5.56 Å². The summed E-state index contributed by atoms with van der Waals surface area (Å²) in [6, 6.07) is 5.73. The second-order valence-electron chi connectivity index (χ2n) is 6.92. The number of benzene rings is 1. The van der Waals surface area contributed by atoms with E-state index in [0.29, 0.717) is 23.2 Å². The largest absolute Gasteiger partial charge is 0.419 e. The number of rotatable bonds is 2. The standard InChI is InChI=1S/C13H11N5O2.C7H4F4/c19-12-9(6-15-13(20)16-12)10-5-8(7-1-2-7)11-14-3-4-18(11)17-10;8-6-4-2-1-3-5(6)7(9,10)11/h3-7H,1-2H2,(H2,15,16,19,20);1-4H. The molecular weight excluding hydrogens is 418 g/mol. The fourth-order valence-electron chi connectivity index (χ4n) is 3.06. The zero-order valence-electron chi connectivity index (χ0n) is 15.8. The molecule has 1 aromatic carbocycles. The molecule has 11 heteroatoms. The summed E-state index contributed by atoms with van der Waals surface area (Å²) in [5, 5.41) is 4.38. The summed E-state index contributed by atoms with van der Waals surface area (Å²) in [7, 11) is 0. The van der Waals surface area contributed by atoms with Crippen LogP contribution in [0.2, 0.25) is 0 Å². The summed E-state index contributed by atoms with van der Waals surface area (Å²) in [6.07, 6.45) is 2.51. The minimum atomic E-state index is -4.59. The number of fused-ring (bicyclic) bond motifs is 1. The van der Waals surface area contributed by atoms with Crippen LogP contribution in [0.4, 0.5) is 17.6 Å². The van der Waals surface area contributed by atoms with Gasteiger partial charge < -0.3 is 4.98 Å². The van der Waals surface area contributed by atoms with Crippen molar-refractivity contribution in [1.82, 2.24) is 24.6 Å². The van der Waals surface area contributed by atoms with E-state index in [2.05, 4.69) is 20.1 Å². The van der Waals surface area contributed by atoms with Gasteiger partial charge in [-0.1, -0.05) is 12.1 Å². The highest BCUT2D eigenvalue weighted by atomic mass is 19.4. The maximum absolute atomic E-state index is 12.4. The van der Waals surface area contributed by atoms with Gasteiger partial charge in [0, 0.05) is 24.2 Å². The van der Waals surface area contributed by atoms with Gasteiger partial charge in [0.1, 0.15) is 5.82 Å². The van der Waals surface area contributed by atoms with E-state index < -0.39 is 28.8 Å². The molecule has 0 saturated heterocycles. The van der Waals surface area contributed by atoms with Crippen LogP contribution in [0.3, 0.4) is 0 Å². The Kier molecular flexibility index (Phi) is 5.17. The number of nitrogens with zero attached hydrogens (tertiary/aromatic N) is 3. The van der Waals surface area contributed by atoms with Gasteiger partial charge in [0.05, 0.1) is 16.8 Å². The monoisotopic (exact) mass is 433 g/mol. The van der Waals surface area contributed by atoms with E-state index in [0.717, 1.165) is 36.2 Å². The second-order valence-corrected chi connectivity index (χ2v) is 6.92. The van der Waals surface area contributed by atoms with E-state index in [1.807, 2.05) is 6.07 Å². The summed E-state index contributed by atoms with van der Waals surface area (Å²) >= 11 is 0. The first-order valence-electron chi connectivity index (χ1n) is 9.22. The zero-order valence-corrected chi connectivity index (χ0v) is 15.8. The van der Waals surface area contributed by atoms with Crippen LogP contribution in [0.15, 0.2) is 58.5 Å². The average molecular weight is 433 g/mol. The Labute approximate surface area is 171 Å². The summed E-state index contributed by atoms with van der Waals surface area (Å²) in [5.74, 6) is -0.747. The first kappa shape index (κ1) is 20.5. The van der Waals surface area contributed by atoms with Crippen molar-refractivity contribution in [2.24, 2.45) is 0 Å². The molecule has 5 rings (SSSR count). The van der Waals surface area contributed by atoms with Crippen molar-refractivity contribution in [3.63, 3.8) is 0 Å². The molecule has 3 heterocycles. The quantitative estimate of drug-likeness (QED) is 0.473. The highest BCUT2D eigenvalue weighted by molar-refractivity contribution is 5.62. The van der Waals surface area contributed by atoms with E-state index in [1.165, 1.54) is 12.3 Å². The van der Waals surface area contributed by atoms with E-state index >= 15 is 0 Å². The predicted molar refractivity (Wildman–Crippen MR) is 103 cm³/mol. The normalized spacial score (nSPS) is 13.7. The number of halogens is 4. The van der Waals surface area contributed by atoms with Crippen LogP contribution in [-0.4, -0.2) is 24.6 Å². The molecule has 0 atom stereocenters. The van der Waals surface area contributed by atoms with Crippen LogP contribution in [0.5, 0.6) is 0 Å². The maximum Gasteiger partial charge on any atom is 0.419 e. The van der Waals surface area contributed by atoms with E-state index in [1.54, 1.807) is 16.9 Å². The summed E-state index contributed by atoms with van der Waals surface area (Å²) in [6.45, 7) is 0. The van der Waals surface area contributed by atoms with Gasteiger partial charge in [-0.25, -0.2) is 18.7 Å². The molecule has 0 unspecified atom stereocenters. The Morgan fingerprint density at radius 3 is 2.48 bits per heavy atom. The molecule has 160 valence electrons. The van der Waals surface area contributed by atoms with Crippen molar-refractivity contribution < 1.29 is 17.6 Å². The molecule has 2 N–H and O–H groups in total. The molecule has 0 radical (unpaired) electrons. The number of hydrogen-bond acceptors (Lipinski definition) is 4. The number of H-pyrrole nitrogens is 2. The third-order valence-corrected chi connectivity index (χ3v) is 4.68. The zero-order chi connectivity index (χ0) is 22.2. The predicted octanol–water partition coefficient (Wildman–Crippen LogP) is 3.49. The van der Waals surface area contributed by atoms with Crippen LogP contribution in [0.1, 0.15) is 29.9 Å². The SMILES string of the molecule is Fc1ccccc1C(F)(F)F.O=c1[nH]cc(-c2cc(C3CC3)c3nccn3n2)c(=O)[nH]1. The van der Waals surface area contributed by atoms with Crippen molar-refractivity contribution in [3.05, 3.63) is 86.7 Å². The molecule has 7 nitrogen and oxygen atoms in total. The highest BCUT2D eigenvalue weighted by Crippen LogP contribution is 2.42. The number of alkyl halides is 3. The van der Waals surface area contributed by atoms with Crippen LogP contribution < -0.4 is 11.2 Å². The van der Waals surface area contributed by atoms with Crippen LogP contribution in [0.25, 0.3) is 16.9 Å². The molecular formula is C20H15F4N5O2. The summed E-state index contributed by atoms with van der Waals surface area (Å²) in [4.78, 5) is 31.9. The minimum Gasteiger partial charge on any atom is -0.313 e. The van der Waals surface area contributed by atoms with Gasteiger partial charge in [-0.05, 0) is 37.0 Å². The molecule has 0 spiro atoms. The van der Waals surface area contributed by atoms with Crippen molar-refractivity contribution in [3.8, 4) is 11.3 Å². The van der Waals surface area contributed by atoms with Gasteiger partial charge in [-0.2, -0.15) is 18.3 Å². The number of nitrogens with one attached hydrogen (secondary N) is 2. The number of aromatic nitrogens is 5. The van der Waals surface area contributed by atoms with Crippen molar-refractivity contribution in [2.45, 2.75) is 24.9 Å². The van der Waals surface area contributed by atoms with Crippen LogP contribution >= 0.6 is 0 Å². The highest BCUT2D eigenvalue weighted by Gasteiger charge is 2.33. The molecule has 4 aromatic rings. The van der Waals surface area contributed by atoms with Crippen molar-refractivity contribution in [2.75, 3.05) is 0 Å². The number of imidazole rings is 1. The summed E-state index contributed by atoms with van der Waals surface area (Å²) < 4.78 is 49.5. The van der Waals surface area contributed by atoms with Gasteiger partial charge in [0.15, 0.2) is 5.65 Å². The Bertz CT molecular complexity index is 1350. The Hall–Kier alpha value is -3.76. The summed E-state index contributed by atoms with van der Waals surface area (Å²) in [5.41, 5.74) is 0.632. The molecule has 1 aliphatic rings. The van der Waals surface area contributed by atoms with E-state index in [9.17, 15) is 27.2 Å². The Balaban J connectivity index is 0.000000180. The van der Waals surface area contributed by atoms with Crippen molar-refractivity contribution >= 4 is 5.65 Å². The molecule has 3 aromatic heterocycles. The van der Waals surface area contributed by atoms with Gasteiger partial charge in [-0.3, -0.25) is 9.78 Å². The fourth-order valence-corrected chi connectivity index (χ4v) is 3.06. The molecule has 0 amide bonds. The third-order valence-electron chi connectivity index (χ3n) is 4.68. The van der Waals surface area contributed by atoms with E-state index in [-0.39, 0.29) is 0 Å². The van der Waals surface area contributed by atoms with Gasteiger partial charge >= 0.3 is 11.9 Å². The molecule has 0 bridgehead atoms. The van der Waals surface area contributed by atoms with Gasteiger partial charge in [0.2, 0.25) is 0 Å². The lowest BCUT2D eigenvalue weighted by Crippen LogP contribution is -2.23. The topological polar surface area (TPSA) is 95.9 Å². The smallest absolute Gasteiger partial charge is 0.313 e. The molecule has 31 heavy (non-hydrogen) atoms. The lowest BCUT2D eigenvalue weighted by Gasteiger charge is -2.05. The fraction of sp³-hybridized carbons (Fsp3) is 0.200. The Morgan fingerprint density at radius 1 is 1.13 bits per heavy atom. The maximum atomic E-state index is 12.4. The third kappa shape index (κ3) is 4.39. The molecule has 0 aliphatic heterocycles. The first-order valence-corrected chi connectivity index (χ1v) is 9.22. The van der Waals surface area contributed by atoms with Crippen LogP contribution in [-0.2, 0) is 6.18 Å². The number of aromatic amines is 2. The van der Waals surface area contributed by atoms with Crippen molar-refractivity contribution in [1.29, 1.82) is 0 Å². The first-order chi connectivity index (χ1) is 14.7. The van der Waals surface area contributed by atoms with E-state index in [4.69, 9.17) is 0 Å². The Morgan fingerprint density at radius 2 is 1.87 bits per heavy atom. The van der Waals surface area contributed by atoms with Crippen LogP contribution in [0, 0.1) is 5.82 Å². The second kappa shape index (κ2) is 7.82. The van der Waals surface area contributed by atoms with Gasteiger partial charge in [-0.15, -0.1) is 0 Å². The average Bonchev–Trinajstić information content (AvgIpc) is 3.44. The molecule has 1 aliphatic carbocycles. The minimum absolute atomic E-state index is 0.349. The number of hydrogen-bond donors (Lipinski definition) is 2. The lowest BCUT2D eigenvalue weighted by atomic mass is 10.1. The lowest BCUT2D eigenvalue weighted by molar-refractivity contribution is -0.140. The molecule has 1 saturated carbocycles.